The predicted molar refractivity (Wildman–Crippen MR) is 177 cm³/mol. The maximum atomic E-state index is 4.72. The quantitative estimate of drug-likeness (QED) is 0.224. The van der Waals surface area contributed by atoms with Crippen molar-refractivity contribution >= 4 is 0 Å². The maximum absolute atomic E-state index is 4.72. The van der Waals surface area contributed by atoms with Crippen molar-refractivity contribution in [1.29, 1.82) is 0 Å². The third kappa shape index (κ3) is 4.31. The molecule has 0 fully saturated rings. The zero-order valence-electron chi connectivity index (χ0n) is 24.9. The first kappa shape index (κ1) is 27.2. The molecule has 4 aromatic heterocycles. The molecule has 4 heterocycles. The Bertz CT molecular complexity index is 2270. The fraction of sp³-hybridized carbons (Fsp3) is 0. The van der Waals surface area contributed by atoms with Crippen molar-refractivity contribution < 1.29 is 0 Å². The molecule has 12 heteroatoms. The first-order chi connectivity index (χ1) is 23.9. The van der Waals surface area contributed by atoms with Gasteiger partial charge in [0.05, 0.1) is 0 Å². The second kappa shape index (κ2) is 11.4. The van der Waals surface area contributed by atoms with Crippen LogP contribution in [0.1, 0.15) is 0 Å². The monoisotopic (exact) mass is 620 g/mol. The highest BCUT2D eigenvalue weighted by Crippen LogP contribution is 2.57. The molecule has 0 saturated heterocycles. The lowest BCUT2D eigenvalue weighted by Crippen LogP contribution is -2.09. The van der Waals surface area contributed by atoms with E-state index in [4.69, 9.17) is 19.9 Å². The van der Waals surface area contributed by atoms with E-state index in [1.807, 2.05) is 24.3 Å². The van der Waals surface area contributed by atoms with Crippen LogP contribution in [0.25, 0.3) is 90.1 Å². The van der Waals surface area contributed by atoms with Gasteiger partial charge in [0.25, 0.3) is 0 Å². The molecule has 0 N–H and O–H groups in total. The minimum Gasteiger partial charge on any atom is -0.225 e. The van der Waals surface area contributed by atoms with Gasteiger partial charge in [0.15, 0.2) is 23.3 Å². The summed E-state index contributed by atoms with van der Waals surface area (Å²) in [5.74, 6) is 1.55. The molecule has 12 nitrogen and oxygen atoms in total. The Kier molecular flexibility index (Phi) is 6.46. The van der Waals surface area contributed by atoms with Crippen LogP contribution in [0.4, 0.5) is 0 Å². The summed E-state index contributed by atoms with van der Waals surface area (Å²) in [5, 5.41) is 0. The van der Waals surface area contributed by atoms with E-state index in [9.17, 15) is 0 Å². The summed E-state index contributed by atoms with van der Waals surface area (Å²) in [4.78, 5) is 54.1. The lowest BCUT2D eigenvalue weighted by Gasteiger charge is -2.29. The molecule has 224 valence electrons. The van der Waals surface area contributed by atoms with E-state index in [0.29, 0.717) is 45.6 Å². The van der Waals surface area contributed by atoms with Gasteiger partial charge in [0.1, 0.15) is 50.6 Å². The number of rotatable bonds is 4. The highest BCUT2D eigenvalue weighted by atomic mass is 15.0. The van der Waals surface area contributed by atoms with Gasteiger partial charge >= 0.3 is 0 Å². The highest BCUT2D eigenvalue weighted by molar-refractivity contribution is 6.16. The van der Waals surface area contributed by atoms with E-state index in [0.717, 1.165) is 44.5 Å². The van der Waals surface area contributed by atoms with Crippen molar-refractivity contribution in [3.05, 3.63) is 123 Å². The van der Waals surface area contributed by atoms with E-state index in [-0.39, 0.29) is 0 Å². The molecule has 0 spiro atoms. The summed E-state index contributed by atoms with van der Waals surface area (Å²) >= 11 is 0. The van der Waals surface area contributed by atoms with E-state index >= 15 is 0 Å². The average Bonchev–Trinajstić information content (AvgIpc) is 3.17. The van der Waals surface area contributed by atoms with Crippen LogP contribution in [0.2, 0.25) is 0 Å². The molecule has 1 aliphatic carbocycles. The molecule has 8 aromatic rings. The molecule has 0 radical (unpaired) electrons. The second-order valence-corrected chi connectivity index (χ2v) is 10.7. The van der Waals surface area contributed by atoms with Gasteiger partial charge in [-0.15, -0.1) is 0 Å². The topological polar surface area (TPSA) is 155 Å². The van der Waals surface area contributed by atoms with Crippen LogP contribution in [-0.4, -0.2) is 59.8 Å². The lowest BCUT2D eigenvalue weighted by molar-refractivity contribution is 1.03. The van der Waals surface area contributed by atoms with Crippen molar-refractivity contribution in [2.75, 3.05) is 0 Å². The number of fused-ring (bicyclic) bond motifs is 8. The Balaban J connectivity index is 1.63. The summed E-state index contributed by atoms with van der Waals surface area (Å²) in [5.41, 5.74) is 10.2. The van der Waals surface area contributed by atoms with Crippen molar-refractivity contribution in [2.24, 2.45) is 0 Å². The van der Waals surface area contributed by atoms with E-state index in [2.05, 4.69) is 88.4 Å². The number of hydrogen-bond acceptors (Lipinski definition) is 12. The van der Waals surface area contributed by atoms with Crippen LogP contribution in [-0.2, 0) is 0 Å². The van der Waals surface area contributed by atoms with Crippen molar-refractivity contribution in [2.45, 2.75) is 0 Å². The molecular formula is C36H20N12. The number of benzene rings is 4. The van der Waals surface area contributed by atoms with Crippen LogP contribution in [0.15, 0.2) is 123 Å². The fourth-order valence-corrected chi connectivity index (χ4v) is 6.48. The zero-order valence-corrected chi connectivity index (χ0v) is 24.9. The summed E-state index contributed by atoms with van der Waals surface area (Å²) < 4.78 is 0. The van der Waals surface area contributed by atoms with Crippen molar-refractivity contribution in [3.8, 4) is 90.1 Å². The number of hydrogen-bond donors (Lipinski definition) is 0. The first-order valence-electron chi connectivity index (χ1n) is 14.9. The van der Waals surface area contributed by atoms with Gasteiger partial charge in [-0.05, 0) is 33.4 Å². The third-order valence-electron chi connectivity index (χ3n) is 8.27. The average molecular weight is 621 g/mol. The summed E-state index contributed by atoms with van der Waals surface area (Å²) in [6.45, 7) is 0. The molecule has 48 heavy (non-hydrogen) atoms. The van der Waals surface area contributed by atoms with Crippen LogP contribution in [0.5, 0.6) is 0 Å². The zero-order chi connectivity index (χ0) is 31.9. The molecule has 0 bridgehead atoms. The molecule has 0 unspecified atom stereocenters. The smallest absolute Gasteiger partial charge is 0.164 e. The van der Waals surface area contributed by atoms with Gasteiger partial charge in [0, 0.05) is 33.4 Å². The SMILES string of the molecule is c1ccc2c(c1)-c1ccccc1-c1c(-c3ncncn3)c(-c3ncncn3)c(-c3ncncn3)c(-c3ncncn3)c1-c1ccccc1-2. The Morgan fingerprint density at radius 1 is 0.229 bits per heavy atom. The fourth-order valence-electron chi connectivity index (χ4n) is 6.48. The molecule has 0 aliphatic heterocycles. The normalized spacial score (nSPS) is 11.3. The van der Waals surface area contributed by atoms with Crippen LogP contribution in [0.3, 0.4) is 0 Å². The van der Waals surface area contributed by atoms with Crippen LogP contribution < -0.4 is 0 Å². The van der Waals surface area contributed by atoms with Gasteiger partial charge < -0.3 is 0 Å². The van der Waals surface area contributed by atoms with Gasteiger partial charge in [-0.25, -0.2) is 59.8 Å². The standard InChI is InChI=1S/C36H20N12/c1-2-8-22-21(7-1)23-9-3-5-11-25(23)27-28(26-12-6-4-10-24(22)26)30(34-43-15-38-16-44-34)32(36-47-19-40-20-48-36)31(35-45-17-39-18-46-35)29(27)33-41-13-37-14-42-33/h1-20H. The third-order valence-corrected chi connectivity index (χ3v) is 8.27. The minimum atomic E-state index is 0.363. The van der Waals surface area contributed by atoms with Crippen molar-refractivity contribution in [1.82, 2.24) is 59.8 Å². The van der Waals surface area contributed by atoms with E-state index in [1.165, 1.54) is 50.6 Å². The minimum absolute atomic E-state index is 0.363. The molecule has 9 rings (SSSR count). The maximum Gasteiger partial charge on any atom is 0.164 e. The molecular weight excluding hydrogens is 600 g/mol. The molecule has 1 aliphatic rings. The van der Waals surface area contributed by atoms with Gasteiger partial charge in [-0.3, -0.25) is 0 Å². The number of aromatic nitrogens is 12. The number of nitrogens with zero attached hydrogens (tertiary/aromatic N) is 12. The Labute approximate surface area is 272 Å². The first-order valence-corrected chi connectivity index (χ1v) is 14.9. The summed E-state index contributed by atoms with van der Waals surface area (Å²) in [6.07, 6.45) is 11.7. The molecule has 4 aromatic carbocycles. The summed E-state index contributed by atoms with van der Waals surface area (Å²) in [7, 11) is 0. The predicted octanol–water partition coefficient (Wildman–Crippen LogP) is 6.08. The van der Waals surface area contributed by atoms with Crippen molar-refractivity contribution in [3.63, 3.8) is 0 Å². The Morgan fingerprint density at radius 3 is 0.708 bits per heavy atom. The second-order valence-electron chi connectivity index (χ2n) is 10.7. The van der Waals surface area contributed by atoms with Gasteiger partial charge in [-0.1, -0.05) is 72.8 Å². The van der Waals surface area contributed by atoms with Gasteiger partial charge in [-0.2, -0.15) is 0 Å². The Morgan fingerprint density at radius 2 is 0.438 bits per heavy atom. The van der Waals surface area contributed by atoms with Gasteiger partial charge in [0.2, 0.25) is 0 Å². The highest BCUT2D eigenvalue weighted by Gasteiger charge is 2.35. The lowest BCUT2D eigenvalue weighted by atomic mass is 9.74. The van der Waals surface area contributed by atoms with Crippen LogP contribution in [0, 0.1) is 0 Å². The van der Waals surface area contributed by atoms with Crippen LogP contribution >= 0.6 is 0 Å². The molecule has 0 saturated carbocycles. The largest absolute Gasteiger partial charge is 0.225 e. The van der Waals surface area contributed by atoms with E-state index < -0.39 is 0 Å². The molecule has 0 atom stereocenters. The Hall–Kier alpha value is -7.08. The molecule has 0 amide bonds. The van der Waals surface area contributed by atoms with E-state index in [1.54, 1.807) is 0 Å². The summed E-state index contributed by atoms with van der Waals surface area (Å²) in [6, 6.07) is 25.1.